The molecule has 0 aromatic heterocycles. The number of carbonyl (C=O) groups is 2. The molecule has 1 saturated heterocycles. The van der Waals surface area contributed by atoms with Gasteiger partial charge in [-0.2, -0.15) is 0 Å². The molecule has 3 nitrogen and oxygen atoms in total. The van der Waals surface area contributed by atoms with E-state index in [1.807, 2.05) is 78.9 Å². The van der Waals surface area contributed by atoms with Gasteiger partial charge in [0.1, 0.15) is 0 Å². The third kappa shape index (κ3) is 4.03. The highest BCUT2D eigenvalue weighted by atomic mass is 35.5. The summed E-state index contributed by atoms with van der Waals surface area (Å²) in [4.78, 5) is 26.8. The van der Waals surface area contributed by atoms with Gasteiger partial charge in [0.05, 0.1) is 11.4 Å². The van der Waals surface area contributed by atoms with Gasteiger partial charge in [-0.1, -0.05) is 72.3 Å². The Morgan fingerprint density at radius 1 is 0.857 bits per heavy atom. The Morgan fingerprint density at radius 2 is 1.61 bits per heavy atom. The van der Waals surface area contributed by atoms with E-state index >= 15 is 0 Å². The first-order valence-electron chi connectivity index (χ1n) is 8.75. The van der Waals surface area contributed by atoms with Crippen LogP contribution in [0.5, 0.6) is 0 Å². The third-order valence-electron chi connectivity index (χ3n) is 4.42. The summed E-state index contributed by atoms with van der Waals surface area (Å²) in [6.07, 6.45) is 1.77. The van der Waals surface area contributed by atoms with Crippen LogP contribution in [-0.4, -0.2) is 16.0 Å². The monoisotopic (exact) mass is 405 g/mol. The standard InChI is InChI=1S/C23H16ClNO2S/c24-20-11-9-18(10-12-20)19-8-4-7-17(13-19)14-21-22(26)25(23(27)28-21)15-16-5-2-1-3-6-16/h1-14H,15H2/b21-14-. The minimum Gasteiger partial charge on any atom is -0.268 e. The summed E-state index contributed by atoms with van der Waals surface area (Å²) in [7, 11) is 0. The molecule has 0 bridgehead atoms. The molecule has 0 unspecified atom stereocenters. The van der Waals surface area contributed by atoms with Crippen molar-refractivity contribution in [3.63, 3.8) is 0 Å². The number of hydrogen-bond acceptors (Lipinski definition) is 3. The Bertz CT molecular complexity index is 1060. The lowest BCUT2D eigenvalue weighted by molar-refractivity contribution is -0.123. The molecule has 3 aromatic carbocycles. The first-order valence-corrected chi connectivity index (χ1v) is 9.95. The van der Waals surface area contributed by atoms with Crippen LogP contribution in [0.4, 0.5) is 4.79 Å². The summed E-state index contributed by atoms with van der Waals surface area (Å²) in [5, 5.41) is 0.445. The van der Waals surface area contributed by atoms with Crippen LogP contribution < -0.4 is 0 Å². The fraction of sp³-hybridized carbons (Fsp3) is 0.0435. The smallest absolute Gasteiger partial charge is 0.268 e. The molecule has 28 heavy (non-hydrogen) atoms. The highest BCUT2D eigenvalue weighted by molar-refractivity contribution is 8.18. The number of amides is 2. The van der Waals surface area contributed by atoms with Crippen LogP contribution in [0.3, 0.4) is 0 Å². The van der Waals surface area contributed by atoms with Crippen LogP contribution >= 0.6 is 23.4 Å². The van der Waals surface area contributed by atoms with Gasteiger partial charge in [-0.25, -0.2) is 0 Å². The van der Waals surface area contributed by atoms with E-state index < -0.39 is 0 Å². The van der Waals surface area contributed by atoms with E-state index in [0.717, 1.165) is 34.0 Å². The molecule has 4 rings (SSSR count). The van der Waals surface area contributed by atoms with Gasteiger partial charge in [0.25, 0.3) is 11.1 Å². The minimum absolute atomic E-state index is 0.242. The zero-order chi connectivity index (χ0) is 19.5. The molecule has 5 heteroatoms. The zero-order valence-electron chi connectivity index (χ0n) is 14.8. The zero-order valence-corrected chi connectivity index (χ0v) is 16.4. The Kier molecular flexibility index (Phi) is 5.33. The number of halogens is 1. The fourth-order valence-electron chi connectivity index (χ4n) is 3.00. The van der Waals surface area contributed by atoms with E-state index in [9.17, 15) is 9.59 Å². The molecule has 0 N–H and O–H groups in total. The summed E-state index contributed by atoms with van der Waals surface area (Å²) < 4.78 is 0. The van der Waals surface area contributed by atoms with Gasteiger partial charge in [-0.15, -0.1) is 0 Å². The first kappa shape index (κ1) is 18.5. The third-order valence-corrected chi connectivity index (χ3v) is 5.58. The molecule has 138 valence electrons. The average Bonchev–Trinajstić information content (AvgIpc) is 2.97. The van der Waals surface area contributed by atoms with Gasteiger partial charge in [0.15, 0.2) is 0 Å². The first-order chi connectivity index (χ1) is 13.6. The number of carbonyl (C=O) groups excluding carboxylic acids is 2. The molecule has 0 atom stereocenters. The van der Waals surface area contributed by atoms with Gasteiger partial charge >= 0.3 is 0 Å². The SMILES string of the molecule is O=C1S/C(=C\c2cccc(-c3ccc(Cl)cc3)c2)C(=O)N1Cc1ccccc1. The van der Waals surface area contributed by atoms with Gasteiger partial charge in [0.2, 0.25) is 0 Å². The van der Waals surface area contributed by atoms with Crippen LogP contribution in [0, 0.1) is 0 Å². The Balaban J connectivity index is 1.57. The lowest BCUT2D eigenvalue weighted by Crippen LogP contribution is -2.27. The van der Waals surface area contributed by atoms with Crippen molar-refractivity contribution >= 4 is 40.6 Å². The molecular weight excluding hydrogens is 390 g/mol. The summed E-state index contributed by atoms with van der Waals surface area (Å²) >= 11 is 6.94. The van der Waals surface area contributed by atoms with Crippen molar-refractivity contribution in [2.24, 2.45) is 0 Å². The Labute approximate surface area is 172 Å². The van der Waals surface area contributed by atoms with Gasteiger partial charge in [-0.05, 0) is 58.3 Å². The minimum atomic E-state index is -0.254. The molecule has 1 fully saturated rings. The number of rotatable bonds is 4. The predicted molar refractivity (Wildman–Crippen MR) is 115 cm³/mol. The maximum atomic E-state index is 12.7. The average molecular weight is 406 g/mol. The number of imide groups is 1. The van der Waals surface area contributed by atoms with Crippen molar-refractivity contribution < 1.29 is 9.59 Å². The summed E-state index contributed by atoms with van der Waals surface area (Å²) in [5.74, 6) is -0.254. The molecule has 0 aliphatic carbocycles. The number of hydrogen-bond donors (Lipinski definition) is 0. The molecular formula is C23H16ClNO2S. The summed E-state index contributed by atoms with van der Waals surface area (Å²) in [6, 6.07) is 25.0. The largest absolute Gasteiger partial charge is 0.293 e. The molecule has 0 radical (unpaired) electrons. The van der Waals surface area contributed by atoms with Crippen LogP contribution in [0.2, 0.25) is 5.02 Å². The van der Waals surface area contributed by atoms with E-state index in [1.165, 1.54) is 4.90 Å². The number of nitrogens with zero attached hydrogens (tertiary/aromatic N) is 1. The van der Waals surface area contributed by atoms with Crippen molar-refractivity contribution in [1.29, 1.82) is 0 Å². The molecule has 1 aliphatic heterocycles. The maximum Gasteiger partial charge on any atom is 0.293 e. The normalized spacial score (nSPS) is 15.5. The Hall–Kier alpha value is -2.82. The van der Waals surface area contributed by atoms with E-state index in [4.69, 9.17) is 11.6 Å². The van der Waals surface area contributed by atoms with Gasteiger partial charge in [0, 0.05) is 5.02 Å². The van der Waals surface area contributed by atoms with Crippen LogP contribution in [0.15, 0.2) is 83.8 Å². The summed E-state index contributed by atoms with van der Waals surface area (Å²) in [5.41, 5.74) is 3.86. The molecule has 0 spiro atoms. The second kappa shape index (κ2) is 8.05. The van der Waals surface area contributed by atoms with Crippen molar-refractivity contribution in [1.82, 2.24) is 4.90 Å². The van der Waals surface area contributed by atoms with Gasteiger partial charge in [-0.3, -0.25) is 14.5 Å². The molecule has 2 amide bonds. The van der Waals surface area contributed by atoms with Crippen LogP contribution in [0.25, 0.3) is 17.2 Å². The quantitative estimate of drug-likeness (QED) is 0.482. The molecule has 3 aromatic rings. The predicted octanol–water partition coefficient (Wildman–Crippen LogP) is 6.24. The highest BCUT2D eigenvalue weighted by Crippen LogP contribution is 2.34. The molecule has 1 heterocycles. The topological polar surface area (TPSA) is 37.4 Å². The highest BCUT2D eigenvalue weighted by Gasteiger charge is 2.34. The van der Waals surface area contributed by atoms with Gasteiger partial charge < -0.3 is 0 Å². The lowest BCUT2D eigenvalue weighted by Gasteiger charge is -2.12. The van der Waals surface area contributed by atoms with E-state index in [1.54, 1.807) is 6.08 Å². The summed E-state index contributed by atoms with van der Waals surface area (Å²) in [6.45, 7) is 0.285. The van der Waals surface area contributed by atoms with Crippen molar-refractivity contribution in [3.8, 4) is 11.1 Å². The van der Waals surface area contributed by atoms with Crippen LogP contribution in [0.1, 0.15) is 11.1 Å². The van der Waals surface area contributed by atoms with E-state index in [-0.39, 0.29) is 17.7 Å². The lowest BCUT2D eigenvalue weighted by atomic mass is 10.0. The number of thioether (sulfide) groups is 1. The fourth-order valence-corrected chi connectivity index (χ4v) is 3.97. The Morgan fingerprint density at radius 3 is 2.36 bits per heavy atom. The number of benzene rings is 3. The van der Waals surface area contributed by atoms with Crippen molar-refractivity contribution in [2.75, 3.05) is 0 Å². The van der Waals surface area contributed by atoms with Crippen molar-refractivity contribution in [2.45, 2.75) is 6.54 Å². The second-order valence-electron chi connectivity index (χ2n) is 6.39. The van der Waals surface area contributed by atoms with E-state index in [2.05, 4.69) is 0 Å². The van der Waals surface area contributed by atoms with Crippen LogP contribution in [-0.2, 0) is 11.3 Å². The second-order valence-corrected chi connectivity index (χ2v) is 7.82. The van der Waals surface area contributed by atoms with Crippen molar-refractivity contribution in [3.05, 3.63) is 99.9 Å². The molecule has 1 aliphatic rings. The molecule has 0 saturated carbocycles. The van der Waals surface area contributed by atoms with E-state index in [0.29, 0.717) is 9.93 Å². The maximum absolute atomic E-state index is 12.7.